The van der Waals surface area contributed by atoms with Crippen LogP contribution in [0.15, 0.2) is 24.3 Å². The van der Waals surface area contributed by atoms with Crippen LogP contribution in [0, 0.1) is 25.7 Å². The van der Waals surface area contributed by atoms with Crippen LogP contribution < -0.4 is 0 Å². The van der Waals surface area contributed by atoms with Crippen LogP contribution in [0.4, 0.5) is 0 Å². The molecule has 1 aliphatic carbocycles. The molecule has 0 bridgehead atoms. The van der Waals surface area contributed by atoms with Crippen LogP contribution >= 0.6 is 11.6 Å². The number of esters is 1. The predicted molar refractivity (Wildman–Crippen MR) is 135 cm³/mol. The highest BCUT2D eigenvalue weighted by atomic mass is 35.5. The molecular formula is C27H29ClN4O5. The summed E-state index contributed by atoms with van der Waals surface area (Å²) in [4.78, 5) is 46.8. The Morgan fingerprint density at radius 2 is 1.95 bits per heavy atom. The molecule has 2 aliphatic rings. The van der Waals surface area contributed by atoms with Crippen molar-refractivity contribution in [2.45, 2.75) is 70.8 Å². The van der Waals surface area contributed by atoms with E-state index in [1.54, 1.807) is 16.6 Å². The summed E-state index contributed by atoms with van der Waals surface area (Å²) >= 11 is 6.16. The van der Waals surface area contributed by atoms with Gasteiger partial charge in [0.1, 0.15) is 11.5 Å². The third-order valence-corrected chi connectivity index (χ3v) is 8.01. The predicted octanol–water partition coefficient (Wildman–Crippen LogP) is 4.33. The van der Waals surface area contributed by atoms with E-state index in [2.05, 4.69) is 15.1 Å². The number of hydrogen-bond acceptors (Lipinski definition) is 7. The lowest BCUT2D eigenvalue weighted by Crippen LogP contribution is -2.52. The number of carboxylic acids is 1. The number of ether oxygens (including phenoxy) is 1. The fourth-order valence-electron chi connectivity index (χ4n) is 5.80. The van der Waals surface area contributed by atoms with Crippen molar-refractivity contribution in [2.24, 2.45) is 11.8 Å². The topological polar surface area (TPSA) is 124 Å². The molecular weight excluding hydrogens is 496 g/mol. The average Bonchev–Trinajstić information content (AvgIpc) is 3.51. The Morgan fingerprint density at radius 1 is 1.19 bits per heavy atom. The molecule has 0 radical (unpaired) electrons. The Hall–Kier alpha value is -3.33. The smallest absolute Gasteiger partial charge is 0.337 e. The van der Waals surface area contributed by atoms with Crippen LogP contribution in [0.5, 0.6) is 0 Å². The number of aryl methyl sites for hydroxylation is 3. The van der Waals surface area contributed by atoms with E-state index in [4.69, 9.17) is 16.3 Å². The number of fused-ring (bicyclic) bond motifs is 1. The van der Waals surface area contributed by atoms with Crippen molar-refractivity contribution in [2.75, 3.05) is 0 Å². The molecule has 10 heteroatoms. The number of cyclic esters (lactones) is 1. The van der Waals surface area contributed by atoms with E-state index < -0.39 is 23.5 Å². The van der Waals surface area contributed by atoms with Crippen molar-refractivity contribution in [3.8, 4) is 0 Å². The zero-order valence-corrected chi connectivity index (χ0v) is 21.6. The Kier molecular flexibility index (Phi) is 6.74. The highest BCUT2D eigenvalue weighted by Gasteiger charge is 2.51. The quantitative estimate of drug-likeness (QED) is 0.358. The minimum Gasteiger partial charge on any atom is -0.478 e. The van der Waals surface area contributed by atoms with E-state index >= 15 is 0 Å². The molecule has 2 atom stereocenters. The molecule has 3 aromatic rings. The Bertz CT molecular complexity index is 1380. The lowest BCUT2D eigenvalue weighted by molar-refractivity contribution is -0.185. The van der Waals surface area contributed by atoms with Crippen LogP contribution in [0.3, 0.4) is 0 Å². The average molecular weight is 525 g/mol. The Morgan fingerprint density at radius 3 is 2.62 bits per heavy atom. The first-order valence-electron chi connectivity index (χ1n) is 12.6. The maximum atomic E-state index is 13.4. The summed E-state index contributed by atoms with van der Waals surface area (Å²) < 4.78 is 7.79. The number of carbonyl (C=O) groups excluding carboxylic acids is 2. The van der Waals surface area contributed by atoms with E-state index in [9.17, 15) is 19.5 Å². The molecule has 2 fully saturated rings. The van der Waals surface area contributed by atoms with Crippen LogP contribution in [0.25, 0.3) is 5.78 Å². The molecule has 3 heterocycles. The van der Waals surface area contributed by atoms with Gasteiger partial charge in [-0.1, -0.05) is 30.5 Å². The number of hydrogen-bond donors (Lipinski definition) is 1. The molecule has 5 rings (SSSR count). The van der Waals surface area contributed by atoms with Gasteiger partial charge in [-0.3, -0.25) is 9.59 Å². The molecule has 1 saturated carbocycles. The van der Waals surface area contributed by atoms with Crippen LogP contribution in [-0.2, 0) is 27.2 Å². The number of aromatic nitrogens is 4. The van der Waals surface area contributed by atoms with Crippen LogP contribution in [0.2, 0.25) is 5.02 Å². The second kappa shape index (κ2) is 9.85. The molecule has 37 heavy (non-hydrogen) atoms. The molecule has 0 amide bonds. The number of halogens is 1. The highest BCUT2D eigenvalue weighted by Crippen LogP contribution is 2.45. The van der Waals surface area contributed by atoms with Crippen molar-refractivity contribution < 1.29 is 24.2 Å². The van der Waals surface area contributed by atoms with Gasteiger partial charge in [0.05, 0.1) is 10.6 Å². The van der Waals surface area contributed by atoms with Gasteiger partial charge in [-0.25, -0.2) is 14.3 Å². The van der Waals surface area contributed by atoms with Crippen molar-refractivity contribution in [3.63, 3.8) is 0 Å². The van der Waals surface area contributed by atoms with Crippen molar-refractivity contribution in [1.82, 2.24) is 19.6 Å². The summed E-state index contributed by atoms with van der Waals surface area (Å²) in [5.74, 6) is -1.77. The van der Waals surface area contributed by atoms with Gasteiger partial charge in [-0.15, -0.1) is 5.10 Å². The standard InChI is InChI=1S/C27H29ClN4O5/c1-15-11-16(2)32-26(29-15)30-23(31-32)13-20-22(33)14-27(37-25(20)36,18-5-3-4-6-18)10-9-17-7-8-19(24(34)35)21(28)12-17/h7-8,11-12,18,20H,3-6,9-10,13-14H2,1-2H3,(H,34,35). The third kappa shape index (κ3) is 4.97. The second-order valence-corrected chi connectivity index (χ2v) is 10.7. The first-order chi connectivity index (χ1) is 17.6. The van der Waals surface area contributed by atoms with Crippen molar-refractivity contribution in [1.29, 1.82) is 0 Å². The first-order valence-corrected chi connectivity index (χ1v) is 13.0. The third-order valence-electron chi connectivity index (χ3n) is 7.70. The maximum absolute atomic E-state index is 13.4. The van der Waals surface area contributed by atoms with Gasteiger partial charge in [0.25, 0.3) is 5.78 Å². The van der Waals surface area contributed by atoms with Crippen LogP contribution in [0.1, 0.15) is 71.7 Å². The fraction of sp³-hybridized carbons (Fsp3) is 0.481. The van der Waals surface area contributed by atoms with Gasteiger partial charge < -0.3 is 9.84 Å². The van der Waals surface area contributed by atoms with E-state index in [1.807, 2.05) is 19.9 Å². The van der Waals surface area contributed by atoms with E-state index in [-0.39, 0.29) is 35.1 Å². The largest absolute Gasteiger partial charge is 0.478 e. The van der Waals surface area contributed by atoms with E-state index in [1.165, 1.54) is 6.07 Å². The molecule has 1 saturated heterocycles. The van der Waals surface area contributed by atoms with E-state index in [0.29, 0.717) is 24.4 Å². The number of benzene rings is 1. The number of ketones is 1. The Balaban J connectivity index is 1.35. The minimum atomic E-state index is -1.09. The summed E-state index contributed by atoms with van der Waals surface area (Å²) in [7, 11) is 0. The van der Waals surface area contributed by atoms with Gasteiger partial charge in [0.2, 0.25) is 0 Å². The number of aromatic carboxylic acids is 1. The lowest BCUT2D eigenvalue weighted by Gasteiger charge is -2.43. The summed E-state index contributed by atoms with van der Waals surface area (Å²) in [6.07, 6.45) is 5.10. The highest BCUT2D eigenvalue weighted by molar-refractivity contribution is 6.33. The second-order valence-electron chi connectivity index (χ2n) is 10.3. The molecule has 2 unspecified atom stereocenters. The number of carboxylic acid groups (broad SMARTS) is 1. The van der Waals surface area contributed by atoms with Crippen LogP contribution in [-0.4, -0.2) is 48.0 Å². The van der Waals surface area contributed by atoms with Gasteiger partial charge in [-0.05, 0) is 69.2 Å². The summed E-state index contributed by atoms with van der Waals surface area (Å²) in [6, 6.07) is 6.73. The number of carbonyl (C=O) groups is 3. The van der Waals surface area contributed by atoms with Gasteiger partial charge in [0.15, 0.2) is 11.6 Å². The fourth-order valence-corrected chi connectivity index (χ4v) is 6.08. The number of Topliss-reactive ketones (excluding diaryl/α,β-unsaturated/α-hetero) is 1. The molecule has 1 N–H and O–H groups in total. The van der Waals surface area contributed by atoms with Crippen molar-refractivity contribution in [3.05, 3.63) is 57.6 Å². The summed E-state index contributed by atoms with van der Waals surface area (Å²) in [5, 5.41) is 13.9. The molecule has 2 aromatic heterocycles. The minimum absolute atomic E-state index is 0.0409. The molecule has 194 valence electrons. The van der Waals surface area contributed by atoms with E-state index in [0.717, 1.165) is 42.6 Å². The Labute approximate surface area is 219 Å². The summed E-state index contributed by atoms with van der Waals surface area (Å²) in [6.45, 7) is 3.78. The normalized spacial score (nSPS) is 22.5. The van der Waals surface area contributed by atoms with Gasteiger partial charge in [-0.2, -0.15) is 4.98 Å². The van der Waals surface area contributed by atoms with Gasteiger partial charge in [0, 0.05) is 24.2 Å². The molecule has 0 spiro atoms. The maximum Gasteiger partial charge on any atom is 0.337 e. The van der Waals surface area contributed by atoms with Gasteiger partial charge >= 0.3 is 11.9 Å². The first kappa shape index (κ1) is 25.3. The zero-order chi connectivity index (χ0) is 26.3. The number of nitrogens with zero attached hydrogens (tertiary/aromatic N) is 4. The SMILES string of the molecule is Cc1cc(C)n2nc(CC3C(=O)CC(CCc4ccc(C(=O)O)c(Cl)c4)(C4CCCC4)OC3=O)nc2n1. The number of rotatable bonds is 7. The lowest BCUT2D eigenvalue weighted by atomic mass is 9.73. The zero-order valence-electron chi connectivity index (χ0n) is 20.9. The molecule has 9 nitrogen and oxygen atoms in total. The van der Waals surface area contributed by atoms with Crippen molar-refractivity contribution >= 4 is 35.1 Å². The monoisotopic (exact) mass is 524 g/mol. The molecule has 1 aliphatic heterocycles. The molecule has 1 aromatic carbocycles. The summed E-state index contributed by atoms with van der Waals surface area (Å²) in [5.41, 5.74) is 1.69.